The van der Waals surface area contributed by atoms with Crippen LogP contribution in [0.15, 0.2) is 48.5 Å². The van der Waals surface area contributed by atoms with Gasteiger partial charge >= 0.3 is 6.09 Å². The van der Waals surface area contributed by atoms with Crippen LogP contribution >= 0.6 is 0 Å². The molecule has 7 nitrogen and oxygen atoms in total. The van der Waals surface area contributed by atoms with Crippen molar-refractivity contribution in [2.24, 2.45) is 5.92 Å². The van der Waals surface area contributed by atoms with Crippen LogP contribution in [0.4, 0.5) is 4.79 Å². The lowest BCUT2D eigenvalue weighted by Gasteiger charge is -2.39. The zero-order valence-corrected chi connectivity index (χ0v) is 26.7. The number of nitrogens with zero attached hydrogens (tertiary/aromatic N) is 1. The average molecular weight is 566 g/mol. The summed E-state index contributed by atoms with van der Waals surface area (Å²) in [5.41, 5.74) is 2.95. The zero-order chi connectivity index (χ0) is 30.9. The van der Waals surface area contributed by atoms with Crippen molar-refractivity contribution in [1.82, 2.24) is 15.5 Å². The predicted molar refractivity (Wildman–Crippen MR) is 166 cm³/mol. The van der Waals surface area contributed by atoms with E-state index in [2.05, 4.69) is 24.5 Å². The summed E-state index contributed by atoms with van der Waals surface area (Å²) in [5.74, 6) is -0.134. The number of hydrogen-bond donors (Lipinski definition) is 2. The molecule has 0 radical (unpaired) electrons. The van der Waals surface area contributed by atoms with Gasteiger partial charge in [-0.15, -0.1) is 0 Å². The van der Waals surface area contributed by atoms with Crippen molar-refractivity contribution in [1.29, 1.82) is 0 Å². The quantitative estimate of drug-likeness (QED) is 0.301. The third-order valence-corrected chi connectivity index (χ3v) is 6.84. The smallest absolute Gasteiger partial charge is 0.408 e. The molecule has 0 saturated carbocycles. The minimum absolute atomic E-state index is 0.112. The summed E-state index contributed by atoms with van der Waals surface area (Å²) in [7, 11) is 0. The molecule has 0 aliphatic heterocycles. The Bertz CT molecular complexity index is 1150. The van der Waals surface area contributed by atoms with Crippen LogP contribution in [0.5, 0.6) is 0 Å². The summed E-state index contributed by atoms with van der Waals surface area (Å²) in [6.45, 7) is 19.4. The Morgan fingerprint density at radius 1 is 0.878 bits per heavy atom. The molecule has 0 fully saturated rings. The zero-order valence-electron chi connectivity index (χ0n) is 26.7. The Hall–Kier alpha value is -3.35. The highest BCUT2D eigenvalue weighted by Gasteiger charge is 2.39. The number of aryl methyl sites for hydroxylation is 2. The Balaban J connectivity index is 2.67. The first-order chi connectivity index (χ1) is 19.1. The second-order valence-electron chi connectivity index (χ2n) is 12.9. The van der Waals surface area contributed by atoms with Crippen LogP contribution in [0, 0.1) is 19.8 Å². The molecule has 2 N–H and O–H groups in total. The molecule has 0 aromatic heterocycles. The second kappa shape index (κ2) is 15.0. The van der Waals surface area contributed by atoms with E-state index in [-0.39, 0.29) is 30.3 Å². The van der Waals surface area contributed by atoms with Crippen LogP contribution in [0.2, 0.25) is 0 Å². The van der Waals surface area contributed by atoms with Crippen LogP contribution in [0.3, 0.4) is 0 Å². The summed E-state index contributed by atoms with van der Waals surface area (Å²) < 4.78 is 5.55. The maximum Gasteiger partial charge on any atom is 0.408 e. The van der Waals surface area contributed by atoms with Gasteiger partial charge in [0.05, 0.1) is 0 Å². The van der Waals surface area contributed by atoms with Crippen LogP contribution in [-0.4, -0.2) is 46.5 Å². The number of carbonyl (C=O) groups is 3. The van der Waals surface area contributed by atoms with E-state index in [0.717, 1.165) is 28.7 Å². The van der Waals surface area contributed by atoms with Gasteiger partial charge in [-0.3, -0.25) is 9.59 Å². The van der Waals surface area contributed by atoms with Gasteiger partial charge in [0, 0.05) is 18.5 Å². The van der Waals surface area contributed by atoms with Crippen molar-refractivity contribution < 1.29 is 19.1 Å². The van der Waals surface area contributed by atoms with Crippen LogP contribution in [0.1, 0.15) is 96.5 Å². The Morgan fingerprint density at radius 2 is 1.51 bits per heavy atom. The van der Waals surface area contributed by atoms with Crippen molar-refractivity contribution in [3.05, 3.63) is 70.8 Å². The molecule has 0 spiro atoms. The summed E-state index contributed by atoms with van der Waals surface area (Å²) >= 11 is 0. The Kier molecular flexibility index (Phi) is 12.4. The van der Waals surface area contributed by atoms with E-state index in [0.29, 0.717) is 12.3 Å². The molecule has 0 bridgehead atoms. The molecule has 0 aliphatic rings. The number of amides is 3. The molecule has 0 saturated heterocycles. The minimum Gasteiger partial charge on any atom is -0.444 e. The normalized spacial score (nSPS) is 13.9. The van der Waals surface area contributed by atoms with Gasteiger partial charge in [0.15, 0.2) is 0 Å². The molecule has 3 amide bonds. The van der Waals surface area contributed by atoms with E-state index in [1.165, 1.54) is 0 Å². The third kappa shape index (κ3) is 10.9. The average Bonchev–Trinajstić information content (AvgIpc) is 2.84. The number of rotatable bonds is 12. The van der Waals surface area contributed by atoms with Crippen molar-refractivity contribution in [3.63, 3.8) is 0 Å². The van der Waals surface area contributed by atoms with E-state index < -0.39 is 23.8 Å². The maximum absolute atomic E-state index is 14.7. The summed E-state index contributed by atoms with van der Waals surface area (Å²) in [4.78, 5) is 43.3. The van der Waals surface area contributed by atoms with Crippen LogP contribution in [-0.2, 0) is 20.7 Å². The topological polar surface area (TPSA) is 87.7 Å². The molecule has 7 heteroatoms. The Morgan fingerprint density at radius 3 is 2.05 bits per heavy atom. The van der Waals surface area contributed by atoms with Gasteiger partial charge in [-0.2, -0.15) is 0 Å². The standard InChI is InChI=1S/C34H51N3O4/c1-22(2)16-18-26(7)37(30(31(38)35-23(3)4)28-19-17-24(5)20-25(28)6)32(39)29(21-27-14-12-11-13-15-27)36-33(40)41-34(8,9)10/h11-15,17,19-20,22-23,26,29-30H,16,18,21H2,1-10H3,(H,35,38)(H,36,40). The van der Waals surface area contributed by atoms with E-state index in [4.69, 9.17) is 4.74 Å². The monoisotopic (exact) mass is 565 g/mol. The van der Waals surface area contributed by atoms with Gasteiger partial charge in [0.25, 0.3) is 0 Å². The number of hydrogen-bond acceptors (Lipinski definition) is 4. The van der Waals surface area contributed by atoms with Gasteiger partial charge in [-0.05, 0) is 90.8 Å². The molecule has 226 valence electrons. The first kappa shape index (κ1) is 33.9. The molecular formula is C34H51N3O4. The Labute approximate surface area is 247 Å². The van der Waals surface area contributed by atoms with E-state index >= 15 is 0 Å². The van der Waals surface area contributed by atoms with Gasteiger partial charge in [-0.25, -0.2) is 4.79 Å². The van der Waals surface area contributed by atoms with Crippen molar-refractivity contribution in [2.45, 2.75) is 118 Å². The highest BCUT2D eigenvalue weighted by Crippen LogP contribution is 2.30. The summed E-state index contributed by atoms with van der Waals surface area (Å²) in [6, 6.07) is 13.3. The molecule has 0 heterocycles. The maximum atomic E-state index is 14.7. The minimum atomic E-state index is -0.936. The first-order valence-electron chi connectivity index (χ1n) is 14.8. The van der Waals surface area contributed by atoms with Gasteiger partial charge in [0.1, 0.15) is 17.7 Å². The van der Waals surface area contributed by atoms with E-state index in [1.807, 2.05) is 83.1 Å². The molecule has 2 rings (SSSR count). The highest BCUT2D eigenvalue weighted by atomic mass is 16.6. The SMILES string of the molecule is Cc1ccc(C(C(=O)NC(C)C)N(C(=O)C(Cc2ccccc2)NC(=O)OC(C)(C)C)C(C)CCC(C)C)c(C)c1. The molecule has 3 atom stereocenters. The lowest BCUT2D eigenvalue weighted by Crippen LogP contribution is -2.56. The fourth-order valence-corrected chi connectivity index (χ4v) is 4.91. The molecule has 41 heavy (non-hydrogen) atoms. The van der Waals surface area contributed by atoms with Crippen molar-refractivity contribution in [2.75, 3.05) is 0 Å². The number of nitrogens with one attached hydrogen (secondary N) is 2. The lowest BCUT2D eigenvalue weighted by atomic mass is 9.93. The largest absolute Gasteiger partial charge is 0.444 e. The number of ether oxygens (including phenoxy) is 1. The van der Waals surface area contributed by atoms with Crippen LogP contribution < -0.4 is 10.6 Å². The third-order valence-electron chi connectivity index (χ3n) is 6.84. The highest BCUT2D eigenvalue weighted by molar-refractivity contribution is 5.92. The van der Waals surface area contributed by atoms with Crippen LogP contribution in [0.25, 0.3) is 0 Å². The van der Waals surface area contributed by atoms with Crippen molar-refractivity contribution in [3.8, 4) is 0 Å². The van der Waals surface area contributed by atoms with Gasteiger partial charge in [0.2, 0.25) is 11.8 Å². The van der Waals surface area contributed by atoms with Crippen molar-refractivity contribution >= 4 is 17.9 Å². The number of alkyl carbamates (subject to hydrolysis) is 1. The number of carbonyl (C=O) groups excluding carboxylic acids is 3. The van der Waals surface area contributed by atoms with Gasteiger partial charge < -0.3 is 20.3 Å². The predicted octanol–water partition coefficient (Wildman–Crippen LogP) is 6.66. The van der Waals surface area contributed by atoms with Gasteiger partial charge in [-0.1, -0.05) is 67.9 Å². The fraction of sp³-hybridized carbons (Fsp3) is 0.559. The first-order valence-corrected chi connectivity index (χ1v) is 14.8. The molecule has 3 unspecified atom stereocenters. The molecule has 2 aromatic rings. The fourth-order valence-electron chi connectivity index (χ4n) is 4.91. The second-order valence-corrected chi connectivity index (χ2v) is 12.9. The lowest BCUT2D eigenvalue weighted by molar-refractivity contribution is -0.145. The molecule has 0 aliphatic carbocycles. The van der Waals surface area contributed by atoms with E-state index in [1.54, 1.807) is 25.7 Å². The summed E-state index contributed by atoms with van der Waals surface area (Å²) in [6.07, 6.45) is 1.19. The summed E-state index contributed by atoms with van der Waals surface area (Å²) in [5, 5.41) is 5.90. The number of benzene rings is 2. The molecular weight excluding hydrogens is 514 g/mol. The molecule has 2 aromatic carbocycles. The van der Waals surface area contributed by atoms with E-state index in [9.17, 15) is 14.4 Å².